The maximum Gasteiger partial charge on any atom is 0.237 e. The van der Waals surface area contributed by atoms with Gasteiger partial charge in [-0.3, -0.25) is 4.79 Å². The molecule has 0 spiro atoms. The fourth-order valence-electron chi connectivity index (χ4n) is 2.34. The lowest BCUT2D eigenvalue weighted by atomic mass is 9.96. The van der Waals surface area contributed by atoms with Crippen molar-refractivity contribution in [2.75, 3.05) is 26.4 Å². The van der Waals surface area contributed by atoms with Gasteiger partial charge in [-0.15, -0.1) is 0 Å². The molecule has 5 heteroatoms. The highest BCUT2D eigenvalue weighted by Gasteiger charge is 2.31. The van der Waals surface area contributed by atoms with Gasteiger partial charge in [0.1, 0.15) is 0 Å². The molecule has 0 aromatic heterocycles. The fraction of sp³-hybridized carbons (Fsp3) is 0.929. The molecule has 0 saturated carbocycles. The second-order valence-electron chi connectivity index (χ2n) is 5.88. The van der Waals surface area contributed by atoms with Crippen LogP contribution in [0, 0.1) is 5.92 Å². The third-order valence-corrected chi connectivity index (χ3v) is 3.59. The van der Waals surface area contributed by atoms with Crippen LogP contribution in [0.25, 0.3) is 0 Å². The summed E-state index contributed by atoms with van der Waals surface area (Å²) in [6.45, 7) is 8.82. The molecule has 0 aromatic carbocycles. The van der Waals surface area contributed by atoms with Crippen molar-refractivity contribution in [2.45, 2.75) is 51.6 Å². The molecule has 19 heavy (non-hydrogen) atoms. The van der Waals surface area contributed by atoms with Crippen molar-refractivity contribution in [3.05, 3.63) is 0 Å². The Balaban J connectivity index is 2.26. The van der Waals surface area contributed by atoms with Gasteiger partial charge in [0, 0.05) is 32.5 Å². The largest absolute Gasteiger partial charge is 0.381 e. The summed E-state index contributed by atoms with van der Waals surface area (Å²) in [6, 6.07) is 0.216. The molecule has 1 rings (SSSR count). The molecule has 1 aliphatic heterocycles. The Bertz CT molecular complexity index is 278. The highest BCUT2D eigenvalue weighted by Crippen LogP contribution is 2.16. The number of carbonyl (C=O) groups excluding carboxylic acids is 1. The molecule has 0 bridgehead atoms. The predicted octanol–water partition coefficient (Wildman–Crippen LogP) is 1.06. The first-order valence-corrected chi connectivity index (χ1v) is 7.17. The van der Waals surface area contributed by atoms with Gasteiger partial charge in [0.2, 0.25) is 5.91 Å². The summed E-state index contributed by atoms with van der Waals surface area (Å²) in [5, 5.41) is 3.22. The standard InChI is InChI=1S/C14H28N2O3/c1-11(2)16-14(3,13(15)17)6-9-19-10-12-4-7-18-8-5-12/h11-12,16H,4-10H2,1-3H3,(H2,15,17). The van der Waals surface area contributed by atoms with E-state index in [4.69, 9.17) is 15.2 Å². The Morgan fingerprint density at radius 1 is 1.47 bits per heavy atom. The Labute approximate surface area is 116 Å². The summed E-state index contributed by atoms with van der Waals surface area (Å²) in [7, 11) is 0. The number of primary amides is 1. The first kappa shape index (κ1) is 16.4. The van der Waals surface area contributed by atoms with Gasteiger partial charge in [-0.25, -0.2) is 0 Å². The summed E-state index contributed by atoms with van der Waals surface area (Å²) >= 11 is 0. The van der Waals surface area contributed by atoms with Crippen molar-refractivity contribution in [2.24, 2.45) is 11.7 Å². The lowest BCUT2D eigenvalue weighted by Gasteiger charge is -2.30. The maximum absolute atomic E-state index is 11.5. The van der Waals surface area contributed by atoms with E-state index >= 15 is 0 Å². The molecule has 3 N–H and O–H groups in total. The molecule has 0 radical (unpaired) electrons. The van der Waals surface area contributed by atoms with Crippen molar-refractivity contribution in [1.29, 1.82) is 0 Å². The normalized spacial score (nSPS) is 20.4. The lowest BCUT2D eigenvalue weighted by Crippen LogP contribution is -2.56. The summed E-state index contributed by atoms with van der Waals surface area (Å²) in [5.74, 6) is 0.266. The molecule has 0 aliphatic carbocycles. The zero-order chi connectivity index (χ0) is 14.3. The van der Waals surface area contributed by atoms with E-state index in [1.165, 1.54) is 0 Å². The van der Waals surface area contributed by atoms with Crippen molar-refractivity contribution >= 4 is 5.91 Å². The molecule has 1 atom stereocenters. The van der Waals surface area contributed by atoms with Crippen LogP contribution in [-0.4, -0.2) is 43.9 Å². The molecule has 1 fully saturated rings. The first-order valence-electron chi connectivity index (χ1n) is 7.17. The summed E-state index contributed by atoms with van der Waals surface area (Å²) in [6.07, 6.45) is 2.73. The van der Waals surface area contributed by atoms with Crippen molar-refractivity contribution in [3.63, 3.8) is 0 Å². The number of rotatable bonds is 8. The van der Waals surface area contributed by atoms with Gasteiger partial charge in [0.05, 0.1) is 5.54 Å². The van der Waals surface area contributed by atoms with Crippen molar-refractivity contribution in [1.82, 2.24) is 5.32 Å². The average molecular weight is 272 g/mol. The Morgan fingerprint density at radius 2 is 2.11 bits per heavy atom. The Kier molecular flexibility index (Phi) is 6.75. The lowest BCUT2D eigenvalue weighted by molar-refractivity contribution is -0.125. The van der Waals surface area contributed by atoms with Gasteiger partial charge in [0.25, 0.3) is 0 Å². The molecule has 5 nitrogen and oxygen atoms in total. The monoisotopic (exact) mass is 272 g/mol. The van der Waals surface area contributed by atoms with E-state index in [1.54, 1.807) is 0 Å². The van der Waals surface area contributed by atoms with Gasteiger partial charge in [-0.1, -0.05) is 0 Å². The van der Waals surface area contributed by atoms with E-state index in [1.807, 2.05) is 20.8 Å². The summed E-state index contributed by atoms with van der Waals surface area (Å²) in [4.78, 5) is 11.5. The van der Waals surface area contributed by atoms with Crippen molar-refractivity contribution in [3.8, 4) is 0 Å². The van der Waals surface area contributed by atoms with E-state index in [2.05, 4.69) is 5.32 Å². The zero-order valence-electron chi connectivity index (χ0n) is 12.4. The summed E-state index contributed by atoms with van der Waals surface area (Å²) < 4.78 is 11.0. The number of nitrogens with two attached hydrogens (primary N) is 1. The second kappa shape index (κ2) is 7.82. The highest BCUT2D eigenvalue weighted by molar-refractivity contribution is 5.84. The van der Waals surface area contributed by atoms with E-state index in [0.29, 0.717) is 18.9 Å². The molecule has 1 heterocycles. The van der Waals surface area contributed by atoms with Gasteiger partial charge in [-0.2, -0.15) is 0 Å². The minimum absolute atomic E-state index is 0.216. The molecule has 1 saturated heterocycles. The van der Waals surface area contributed by atoms with Crippen LogP contribution in [0.4, 0.5) is 0 Å². The number of amides is 1. The fourth-order valence-corrected chi connectivity index (χ4v) is 2.34. The summed E-state index contributed by atoms with van der Waals surface area (Å²) in [5.41, 5.74) is 4.78. The first-order chi connectivity index (χ1) is 8.94. The number of hydrogen-bond donors (Lipinski definition) is 2. The predicted molar refractivity (Wildman–Crippen MR) is 74.9 cm³/mol. The Morgan fingerprint density at radius 3 is 2.63 bits per heavy atom. The molecule has 0 aromatic rings. The molecule has 1 unspecified atom stereocenters. The third kappa shape index (κ3) is 5.89. The van der Waals surface area contributed by atoms with Crippen LogP contribution < -0.4 is 11.1 Å². The second-order valence-corrected chi connectivity index (χ2v) is 5.88. The van der Waals surface area contributed by atoms with E-state index in [-0.39, 0.29) is 11.9 Å². The average Bonchev–Trinajstić information content (AvgIpc) is 2.35. The van der Waals surface area contributed by atoms with E-state index < -0.39 is 5.54 Å². The van der Waals surface area contributed by atoms with Crippen LogP contribution in [0.1, 0.15) is 40.0 Å². The number of hydrogen-bond acceptors (Lipinski definition) is 4. The van der Waals surface area contributed by atoms with Crippen LogP contribution >= 0.6 is 0 Å². The topological polar surface area (TPSA) is 73.6 Å². The van der Waals surface area contributed by atoms with Crippen LogP contribution in [0.2, 0.25) is 0 Å². The minimum atomic E-state index is -0.691. The molecule has 112 valence electrons. The molecule has 1 amide bonds. The van der Waals surface area contributed by atoms with Gasteiger partial charge in [0.15, 0.2) is 0 Å². The SMILES string of the molecule is CC(C)NC(C)(CCOCC1CCOCC1)C(N)=O. The van der Waals surface area contributed by atoms with Crippen LogP contribution in [-0.2, 0) is 14.3 Å². The number of ether oxygens (including phenoxy) is 2. The minimum Gasteiger partial charge on any atom is -0.381 e. The molecule has 1 aliphatic rings. The quantitative estimate of drug-likeness (QED) is 0.648. The zero-order valence-corrected chi connectivity index (χ0v) is 12.4. The third-order valence-electron chi connectivity index (χ3n) is 3.59. The smallest absolute Gasteiger partial charge is 0.237 e. The molecular weight excluding hydrogens is 244 g/mol. The van der Waals surface area contributed by atoms with Gasteiger partial charge in [-0.05, 0) is 46.0 Å². The van der Waals surface area contributed by atoms with E-state index in [9.17, 15) is 4.79 Å². The van der Waals surface area contributed by atoms with Crippen LogP contribution in [0.15, 0.2) is 0 Å². The van der Waals surface area contributed by atoms with Crippen molar-refractivity contribution < 1.29 is 14.3 Å². The number of carbonyl (C=O) groups is 1. The van der Waals surface area contributed by atoms with E-state index in [0.717, 1.165) is 32.7 Å². The van der Waals surface area contributed by atoms with Gasteiger partial charge >= 0.3 is 0 Å². The number of nitrogens with one attached hydrogen (secondary N) is 1. The van der Waals surface area contributed by atoms with Crippen LogP contribution in [0.5, 0.6) is 0 Å². The highest BCUT2D eigenvalue weighted by atomic mass is 16.5. The Hall–Kier alpha value is -0.650. The molecular formula is C14H28N2O3. The van der Waals surface area contributed by atoms with Crippen LogP contribution in [0.3, 0.4) is 0 Å². The maximum atomic E-state index is 11.5. The van der Waals surface area contributed by atoms with Gasteiger partial charge < -0.3 is 20.5 Å².